The van der Waals surface area contributed by atoms with Crippen molar-refractivity contribution >= 4 is 54.6 Å². The summed E-state index contributed by atoms with van der Waals surface area (Å²) >= 11 is 8.25. The quantitative estimate of drug-likeness (QED) is 0.720. The van der Waals surface area contributed by atoms with E-state index >= 15 is 0 Å². The van der Waals surface area contributed by atoms with Crippen molar-refractivity contribution in [2.24, 2.45) is 0 Å². The molecule has 2 rings (SSSR count). The molecular weight excluding hydrogens is 374 g/mol. The van der Waals surface area contributed by atoms with Crippen molar-refractivity contribution in [2.75, 3.05) is 23.8 Å². The molecule has 1 fully saturated rings. The van der Waals surface area contributed by atoms with Gasteiger partial charge >= 0.3 is 0 Å². The molecule has 0 N–H and O–H groups in total. The molecule has 0 spiro atoms. The van der Waals surface area contributed by atoms with E-state index in [1.807, 2.05) is 0 Å². The molecule has 1 atom stereocenters. The Balaban J connectivity index is 2.40. The van der Waals surface area contributed by atoms with E-state index in [0.717, 1.165) is 21.2 Å². The summed E-state index contributed by atoms with van der Waals surface area (Å²) in [7, 11) is -7.25. The first kappa shape index (κ1) is 17.6. The van der Waals surface area contributed by atoms with Crippen molar-refractivity contribution in [1.29, 1.82) is 0 Å². The van der Waals surface area contributed by atoms with E-state index in [9.17, 15) is 16.8 Å². The maximum Gasteiger partial charge on any atom is 0.253 e. The fraction of sp³-hybridized carbons (Fsp3) is 0.636. The van der Waals surface area contributed by atoms with Gasteiger partial charge in [-0.1, -0.05) is 6.92 Å². The minimum absolute atomic E-state index is 0.0678. The Hall–Kier alpha value is 0.200. The van der Waals surface area contributed by atoms with Gasteiger partial charge in [0.25, 0.3) is 10.0 Å². The van der Waals surface area contributed by atoms with Crippen LogP contribution < -0.4 is 0 Å². The molecule has 1 aliphatic rings. The van der Waals surface area contributed by atoms with E-state index in [2.05, 4.69) is 0 Å². The molecule has 1 aromatic rings. The van der Waals surface area contributed by atoms with Crippen LogP contribution in [0, 0.1) is 0 Å². The van der Waals surface area contributed by atoms with Crippen LogP contribution in [0.2, 0.25) is 0 Å². The minimum atomic E-state index is -3.79. The number of rotatable bonds is 5. The molecule has 0 aromatic carbocycles. The van der Waals surface area contributed by atoms with Crippen LogP contribution in [0.25, 0.3) is 0 Å². The molecule has 1 unspecified atom stereocenters. The predicted octanol–water partition coefficient (Wildman–Crippen LogP) is 1.99. The third-order valence-corrected chi connectivity index (χ3v) is 10.3. The molecule has 0 aliphatic carbocycles. The number of nitrogens with zero attached hydrogens (tertiary/aromatic N) is 1. The molecule has 21 heavy (non-hydrogen) atoms. The van der Waals surface area contributed by atoms with Crippen LogP contribution in [0.4, 0.5) is 0 Å². The molecule has 5 nitrogen and oxygen atoms in total. The monoisotopic (exact) mass is 389 g/mol. The fourth-order valence-corrected chi connectivity index (χ4v) is 8.82. The number of sulfonamides is 1. The fourth-order valence-electron chi connectivity index (χ4n) is 1.99. The highest BCUT2D eigenvalue weighted by atomic mass is 35.5. The van der Waals surface area contributed by atoms with Crippen molar-refractivity contribution < 1.29 is 16.8 Å². The molecule has 2 heterocycles. The number of thioether (sulfide) groups is 1. The number of sulfone groups is 1. The lowest BCUT2D eigenvalue weighted by molar-refractivity contribution is 0.405. The average Bonchev–Trinajstić information content (AvgIpc) is 2.97. The zero-order valence-electron chi connectivity index (χ0n) is 11.4. The Morgan fingerprint density at radius 1 is 1.38 bits per heavy atom. The normalized spacial score (nSPS) is 21.5. The topological polar surface area (TPSA) is 71.5 Å². The SMILES string of the molecule is CCS(=O)(=O)C1CSCCN1S(=O)(=O)c1cc(CCl)cs1. The molecule has 1 saturated heterocycles. The number of halogens is 1. The summed E-state index contributed by atoms with van der Waals surface area (Å²) < 4.78 is 51.0. The third kappa shape index (κ3) is 3.59. The van der Waals surface area contributed by atoms with Crippen molar-refractivity contribution in [3.05, 3.63) is 17.0 Å². The van der Waals surface area contributed by atoms with Crippen molar-refractivity contribution in [1.82, 2.24) is 4.31 Å². The summed E-state index contributed by atoms with van der Waals surface area (Å²) in [4.78, 5) is 0. The van der Waals surface area contributed by atoms with Gasteiger partial charge in [-0.05, 0) is 17.0 Å². The van der Waals surface area contributed by atoms with Crippen molar-refractivity contribution in [2.45, 2.75) is 22.4 Å². The summed E-state index contributed by atoms with van der Waals surface area (Å²) in [5.74, 6) is 1.05. The second-order valence-corrected chi connectivity index (χ2v) is 11.4. The van der Waals surface area contributed by atoms with Gasteiger partial charge in [-0.2, -0.15) is 16.1 Å². The maximum absolute atomic E-state index is 12.7. The second-order valence-electron chi connectivity index (χ2n) is 4.50. The van der Waals surface area contributed by atoms with Crippen LogP contribution in [0.5, 0.6) is 0 Å². The van der Waals surface area contributed by atoms with E-state index < -0.39 is 25.2 Å². The lowest BCUT2D eigenvalue weighted by atomic mass is 10.4. The molecule has 1 aromatic heterocycles. The van der Waals surface area contributed by atoms with E-state index in [4.69, 9.17) is 11.6 Å². The minimum Gasteiger partial charge on any atom is -0.227 e. The molecule has 10 heteroatoms. The van der Waals surface area contributed by atoms with Crippen LogP contribution in [-0.2, 0) is 25.7 Å². The Morgan fingerprint density at radius 3 is 2.67 bits per heavy atom. The number of hydrogen-bond acceptors (Lipinski definition) is 6. The van der Waals surface area contributed by atoms with Crippen LogP contribution in [0.1, 0.15) is 12.5 Å². The van der Waals surface area contributed by atoms with Crippen LogP contribution in [0.3, 0.4) is 0 Å². The maximum atomic E-state index is 12.7. The summed E-state index contributed by atoms with van der Waals surface area (Å²) in [5, 5.41) is 0.704. The highest BCUT2D eigenvalue weighted by Crippen LogP contribution is 2.31. The first-order chi connectivity index (χ1) is 9.82. The van der Waals surface area contributed by atoms with E-state index in [1.54, 1.807) is 5.38 Å². The van der Waals surface area contributed by atoms with Gasteiger partial charge in [0.2, 0.25) is 0 Å². The number of thiophene rings is 1. The Bertz CT molecular complexity index is 698. The third-order valence-electron chi connectivity index (χ3n) is 3.20. The molecular formula is C11H16ClNO4S4. The van der Waals surface area contributed by atoms with E-state index in [-0.39, 0.29) is 28.1 Å². The average molecular weight is 390 g/mol. The van der Waals surface area contributed by atoms with Crippen LogP contribution >= 0.6 is 34.7 Å². The van der Waals surface area contributed by atoms with Crippen LogP contribution in [0.15, 0.2) is 15.7 Å². The van der Waals surface area contributed by atoms with Gasteiger partial charge < -0.3 is 0 Å². The molecule has 0 radical (unpaired) electrons. The van der Waals surface area contributed by atoms with Gasteiger partial charge in [0.15, 0.2) is 9.84 Å². The van der Waals surface area contributed by atoms with Gasteiger partial charge in [-0.3, -0.25) is 0 Å². The second kappa shape index (κ2) is 6.76. The molecule has 0 amide bonds. The molecule has 1 aliphatic heterocycles. The first-order valence-corrected chi connectivity index (χ1v) is 12.0. The number of alkyl halides is 1. The highest BCUT2D eigenvalue weighted by Gasteiger charge is 2.41. The van der Waals surface area contributed by atoms with Gasteiger partial charge in [-0.25, -0.2) is 16.8 Å². The highest BCUT2D eigenvalue weighted by molar-refractivity contribution is 8.01. The van der Waals surface area contributed by atoms with Crippen LogP contribution in [-0.4, -0.2) is 50.3 Å². The molecule has 120 valence electrons. The zero-order chi connectivity index (χ0) is 15.7. The first-order valence-electron chi connectivity index (χ1n) is 6.27. The van der Waals surface area contributed by atoms with Crippen molar-refractivity contribution in [3.63, 3.8) is 0 Å². The largest absolute Gasteiger partial charge is 0.253 e. The van der Waals surface area contributed by atoms with Gasteiger partial charge in [0.1, 0.15) is 9.58 Å². The zero-order valence-corrected chi connectivity index (χ0v) is 15.4. The summed E-state index contributed by atoms with van der Waals surface area (Å²) in [5.41, 5.74) is 0.724. The molecule has 0 bridgehead atoms. The van der Waals surface area contributed by atoms with Gasteiger partial charge in [0, 0.05) is 29.7 Å². The Morgan fingerprint density at radius 2 is 2.10 bits per heavy atom. The van der Waals surface area contributed by atoms with Crippen molar-refractivity contribution in [3.8, 4) is 0 Å². The lowest BCUT2D eigenvalue weighted by Gasteiger charge is -2.33. The standard InChI is InChI=1S/C11H16ClNO4S4/c1-2-20(14,15)10-8-18-4-3-13(10)21(16,17)11-5-9(6-12)7-19-11/h5,7,10H,2-4,6,8H2,1H3. The Labute approximate surface area is 138 Å². The van der Waals surface area contributed by atoms with E-state index in [1.165, 1.54) is 24.8 Å². The summed E-state index contributed by atoms with van der Waals surface area (Å²) in [6.07, 6.45) is 0. The lowest BCUT2D eigenvalue weighted by Crippen LogP contribution is -2.50. The van der Waals surface area contributed by atoms with Gasteiger partial charge in [0.05, 0.1) is 0 Å². The number of hydrogen-bond donors (Lipinski definition) is 0. The molecule has 0 saturated carbocycles. The smallest absolute Gasteiger partial charge is 0.227 e. The van der Waals surface area contributed by atoms with E-state index in [0.29, 0.717) is 5.75 Å². The Kier molecular flexibility index (Phi) is 5.65. The summed E-state index contributed by atoms with van der Waals surface area (Å²) in [6.45, 7) is 1.75. The van der Waals surface area contributed by atoms with Gasteiger partial charge in [-0.15, -0.1) is 22.9 Å². The predicted molar refractivity (Wildman–Crippen MR) is 88.3 cm³/mol. The summed E-state index contributed by atoms with van der Waals surface area (Å²) in [6, 6.07) is 1.52.